The van der Waals surface area contributed by atoms with Gasteiger partial charge in [-0.05, 0) is 11.1 Å². The summed E-state index contributed by atoms with van der Waals surface area (Å²) < 4.78 is 5.22. The molecule has 3 aromatic rings. The Morgan fingerprint density at radius 1 is 1.04 bits per heavy atom. The van der Waals surface area contributed by atoms with Gasteiger partial charge in [0.2, 0.25) is 5.76 Å². The first-order valence-corrected chi connectivity index (χ1v) is 8.26. The molecule has 1 atom stereocenters. The third-order valence-electron chi connectivity index (χ3n) is 4.58. The highest BCUT2D eigenvalue weighted by atomic mass is 16.5. The van der Waals surface area contributed by atoms with Crippen molar-refractivity contribution in [3.8, 4) is 11.3 Å². The van der Waals surface area contributed by atoms with Crippen LogP contribution >= 0.6 is 0 Å². The molecule has 0 saturated carbocycles. The smallest absolute Gasteiger partial charge is 0.326 e. The highest BCUT2D eigenvalue weighted by Crippen LogP contribution is 2.26. The molecule has 1 N–H and O–H groups in total. The lowest BCUT2D eigenvalue weighted by molar-refractivity contribution is -0.142. The number of benzene rings is 2. The summed E-state index contributed by atoms with van der Waals surface area (Å²) in [5.41, 5.74) is 3.26. The summed E-state index contributed by atoms with van der Waals surface area (Å²) in [5.74, 6) is -1.47. The SMILES string of the molecule is O=C(O)C1Cc2ccccc2CN1C(=O)c1cc(-c2ccccc2)no1. The first kappa shape index (κ1) is 16.1. The monoisotopic (exact) mass is 348 g/mol. The maximum absolute atomic E-state index is 12.9. The third-order valence-corrected chi connectivity index (χ3v) is 4.58. The van der Waals surface area contributed by atoms with E-state index in [1.165, 1.54) is 4.90 Å². The average molecular weight is 348 g/mol. The van der Waals surface area contributed by atoms with Crippen LogP contribution in [0.2, 0.25) is 0 Å². The van der Waals surface area contributed by atoms with Crippen LogP contribution in [0.25, 0.3) is 11.3 Å². The number of carboxylic acid groups (broad SMARTS) is 1. The number of carbonyl (C=O) groups is 2. The molecule has 0 spiro atoms. The number of rotatable bonds is 3. The summed E-state index contributed by atoms with van der Waals surface area (Å²) in [6, 6.07) is 17.5. The van der Waals surface area contributed by atoms with E-state index in [-0.39, 0.29) is 18.7 Å². The zero-order chi connectivity index (χ0) is 18.1. The van der Waals surface area contributed by atoms with Crippen molar-refractivity contribution >= 4 is 11.9 Å². The molecule has 1 aliphatic rings. The van der Waals surface area contributed by atoms with Crippen LogP contribution < -0.4 is 0 Å². The summed E-state index contributed by atoms with van der Waals surface area (Å²) in [6.07, 6.45) is 0.275. The standard InChI is InChI=1S/C20H16N2O4/c23-19(18-11-16(21-26-18)13-6-2-1-3-7-13)22-12-15-9-5-4-8-14(15)10-17(22)20(24)25/h1-9,11,17H,10,12H2,(H,24,25). The van der Waals surface area contributed by atoms with Crippen LogP contribution in [0.1, 0.15) is 21.7 Å². The largest absolute Gasteiger partial charge is 0.480 e. The average Bonchev–Trinajstić information content (AvgIpc) is 3.17. The molecule has 2 aromatic carbocycles. The van der Waals surface area contributed by atoms with E-state index in [0.29, 0.717) is 5.69 Å². The Balaban J connectivity index is 1.65. The highest BCUT2D eigenvalue weighted by molar-refractivity contribution is 5.95. The fourth-order valence-electron chi connectivity index (χ4n) is 3.22. The molecule has 1 amide bonds. The molecule has 1 unspecified atom stereocenters. The molecule has 0 aliphatic carbocycles. The van der Waals surface area contributed by atoms with Crippen molar-refractivity contribution in [1.29, 1.82) is 0 Å². The number of hydrogen-bond donors (Lipinski definition) is 1. The molecule has 4 rings (SSSR count). The molecular formula is C20H16N2O4. The fraction of sp³-hybridized carbons (Fsp3) is 0.150. The quantitative estimate of drug-likeness (QED) is 0.787. The van der Waals surface area contributed by atoms with E-state index in [1.54, 1.807) is 6.07 Å². The number of aliphatic carboxylic acids is 1. The zero-order valence-electron chi connectivity index (χ0n) is 13.8. The van der Waals surface area contributed by atoms with Crippen molar-refractivity contribution in [2.45, 2.75) is 19.0 Å². The molecule has 26 heavy (non-hydrogen) atoms. The lowest BCUT2D eigenvalue weighted by atomic mass is 9.93. The Morgan fingerprint density at radius 2 is 1.73 bits per heavy atom. The van der Waals surface area contributed by atoms with Crippen LogP contribution in [0.5, 0.6) is 0 Å². The van der Waals surface area contributed by atoms with E-state index in [1.807, 2.05) is 54.6 Å². The van der Waals surface area contributed by atoms with Crippen LogP contribution in [0, 0.1) is 0 Å². The van der Waals surface area contributed by atoms with Gasteiger partial charge in [0.25, 0.3) is 5.91 Å². The van der Waals surface area contributed by atoms with Gasteiger partial charge >= 0.3 is 5.97 Å². The van der Waals surface area contributed by atoms with Crippen LogP contribution in [-0.2, 0) is 17.8 Å². The Kier molecular flexibility index (Phi) is 4.01. The lowest BCUT2D eigenvalue weighted by Crippen LogP contribution is -2.48. The van der Waals surface area contributed by atoms with E-state index >= 15 is 0 Å². The van der Waals surface area contributed by atoms with Gasteiger partial charge in [0, 0.05) is 24.6 Å². The first-order valence-electron chi connectivity index (χ1n) is 8.26. The van der Waals surface area contributed by atoms with E-state index < -0.39 is 17.9 Å². The summed E-state index contributed by atoms with van der Waals surface area (Å²) in [6.45, 7) is 0.230. The predicted molar refractivity (Wildman–Crippen MR) is 93.4 cm³/mol. The molecule has 2 heterocycles. The maximum Gasteiger partial charge on any atom is 0.326 e. The number of fused-ring (bicyclic) bond motifs is 1. The van der Waals surface area contributed by atoms with Gasteiger partial charge in [-0.3, -0.25) is 4.79 Å². The van der Waals surface area contributed by atoms with Crippen LogP contribution in [0.15, 0.2) is 65.2 Å². The van der Waals surface area contributed by atoms with Gasteiger partial charge in [0.05, 0.1) is 0 Å². The molecule has 0 bridgehead atoms. The van der Waals surface area contributed by atoms with Crippen molar-refractivity contribution in [2.24, 2.45) is 0 Å². The zero-order valence-corrected chi connectivity index (χ0v) is 13.8. The Hall–Kier alpha value is -3.41. The van der Waals surface area contributed by atoms with Gasteiger partial charge in [0.1, 0.15) is 11.7 Å². The van der Waals surface area contributed by atoms with E-state index in [4.69, 9.17) is 4.52 Å². The topological polar surface area (TPSA) is 83.6 Å². The summed E-state index contributed by atoms with van der Waals surface area (Å²) >= 11 is 0. The van der Waals surface area contributed by atoms with Gasteiger partial charge in [-0.15, -0.1) is 0 Å². The van der Waals surface area contributed by atoms with Gasteiger partial charge in [-0.2, -0.15) is 0 Å². The van der Waals surface area contributed by atoms with Crippen LogP contribution in [0.4, 0.5) is 0 Å². The number of hydrogen-bond acceptors (Lipinski definition) is 4. The van der Waals surface area contributed by atoms with Gasteiger partial charge in [-0.1, -0.05) is 59.8 Å². The van der Waals surface area contributed by atoms with E-state index in [9.17, 15) is 14.7 Å². The highest BCUT2D eigenvalue weighted by Gasteiger charge is 2.36. The maximum atomic E-state index is 12.9. The van der Waals surface area contributed by atoms with Gasteiger partial charge in [0.15, 0.2) is 0 Å². The molecule has 0 saturated heterocycles. The third kappa shape index (κ3) is 2.86. The molecule has 0 fully saturated rings. The molecule has 6 nitrogen and oxygen atoms in total. The minimum absolute atomic E-state index is 0.0366. The summed E-state index contributed by atoms with van der Waals surface area (Å²) in [5, 5.41) is 13.5. The second-order valence-corrected chi connectivity index (χ2v) is 6.20. The second kappa shape index (κ2) is 6.48. The Labute approximate surface area is 149 Å². The number of carbonyl (C=O) groups excluding carboxylic acids is 1. The minimum atomic E-state index is -1.03. The van der Waals surface area contributed by atoms with E-state index in [2.05, 4.69) is 5.16 Å². The molecule has 6 heteroatoms. The Bertz CT molecular complexity index is 965. The Morgan fingerprint density at radius 3 is 2.46 bits per heavy atom. The second-order valence-electron chi connectivity index (χ2n) is 6.20. The summed E-state index contributed by atoms with van der Waals surface area (Å²) in [4.78, 5) is 25.9. The fourth-order valence-corrected chi connectivity index (χ4v) is 3.22. The van der Waals surface area contributed by atoms with Crippen LogP contribution in [-0.4, -0.2) is 33.1 Å². The molecule has 1 aliphatic heterocycles. The molecule has 130 valence electrons. The first-order chi connectivity index (χ1) is 12.6. The van der Waals surface area contributed by atoms with Crippen molar-refractivity contribution in [3.05, 3.63) is 77.6 Å². The molecule has 1 aromatic heterocycles. The number of carboxylic acids is 1. The minimum Gasteiger partial charge on any atom is -0.480 e. The number of aromatic nitrogens is 1. The molecular weight excluding hydrogens is 332 g/mol. The predicted octanol–water partition coefficient (Wildman–Crippen LogP) is 2.99. The number of nitrogens with zero attached hydrogens (tertiary/aromatic N) is 2. The molecule has 0 radical (unpaired) electrons. The summed E-state index contributed by atoms with van der Waals surface area (Å²) in [7, 11) is 0. The van der Waals surface area contributed by atoms with Gasteiger partial charge < -0.3 is 14.5 Å². The van der Waals surface area contributed by atoms with Crippen molar-refractivity contribution in [3.63, 3.8) is 0 Å². The van der Waals surface area contributed by atoms with Crippen molar-refractivity contribution in [1.82, 2.24) is 10.1 Å². The lowest BCUT2D eigenvalue weighted by Gasteiger charge is -2.33. The number of amides is 1. The normalized spacial score (nSPS) is 16.2. The van der Waals surface area contributed by atoms with Gasteiger partial charge in [-0.25, -0.2) is 4.79 Å². The van der Waals surface area contributed by atoms with Crippen molar-refractivity contribution < 1.29 is 19.2 Å². The van der Waals surface area contributed by atoms with Crippen LogP contribution in [0.3, 0.4) is 0 Å². The van der Waals surface area contributed by atoms with Crippen molar-refractivity contribution in [2.75, 3.05) is 0 Å². The van der Waals surface area contributed by atoms with E-state index in [0.717, 1.165) is 16.7 Å².